The Kier molecular flexibility index (Phi) is 5.45. The van der Waals surface area contributed by atoms with Gasteiger partial charge in [0.25, 0.3) is 5.91 Å². The number of likely N-dealkylation sites (tertiary alicyclic amines) is 1. The monoisotopic (exact) mass is 429 g/mol. The predicted octanol–water partition coefficient (Wildman–Crippen LogP) is 3.33. The summed E-state index contributed by atoms with van der Waals surface area (Å²) in [6.45, 7) is 7.07. The number of likely N-dealkylation sites (N-methyl/N-ethyl adjacent to an activating group) is 1. The second kappa shape index (κ2) is 8.55. The molecule has 32 heavy (non-hydrogen) atoms. The molecule has 0 unspecified atom stereocenters. The van der Waals surface area contributed by atoms with E-state index in [9.17, 15) is 4.79 Å². The van der Waals surface area contributed by atoms with Crippen molar-refractivity contribution in [1.29, 1.82) is 0 Å². The smallest absolute Gasteiger partial charge is 0.251 e. The van der Waals surface area contributed by atoms with Gasteiger partial charge in [0.05, 0.1) is 17.4 Å². The molecule has 5 rings (SSSR count). The van der Waals surface area contributed by atoms with Crippen LogP contribution in [0.3, 0.4) is 0 Å². The lowest BCUT2D eigenvalue weighted by Gasteiger charge is -2.22. The van der Waals surface area contributed by atoms with Crippen LogP contribution < -0.4 is 5.32 Å². The Morgan fingerprint density at radius 2 is 2.06 bits per heavy atom. The molecule has 8 heteroatoms. The van der Waals surface area contributed by atoms with Gasteiger partial charge in [-0.3, -0.25) is 14.8 Å². The molecule has 2 aromatic heterocycles. The summed E-state index contributed by atoms with van der Waals surface area (Å²) in [6.07, 6.45) is 4.20. The summed E-state index contributed by atoms with van der Waals surface area (Å²) < 4.78 is 1.70. The fraction of sp³-hybridized carbons (Fsp3) is 0.333. The SMILES string of the molecule is CCN1CCC[C@@H]1CNC(=O)c1ccc(-n2cc(-c3n[nH]c4ccc(C)cc34)nn2)cc1. The molecular weight excluding hydrogens is 402 g/mol. The predicted molar refractivity (Wildman–Crippen MR) is 124 cm³/mol. The van der Waals surface area contributed by atoms with E-state index < -0.39 is 0 Å². The van der Waals surface area contributed by atoms with Crippen molar-refractivity contribution in [1.82, 2.24) is 35.4 Å². The van der Waals surface area contributed by atoms with E-state index in [4.69, 9.17) is 0 Å². The number of aromatic nitrogens is 5. The first-order valence-corrected chi connectivity index (χ1v) is 11.1. The van der Waals surface area contributed by atoms with Crippen LogP contribution in [0.4, 0.5) is 0 Å². The zero-order valence-corrected chi connectivity index (χ0v) is 18.4. The Balaban J connectivity index is 1.29. The minimum atomic E-state index is -0.0443. The number of benzene rings is 2. The number of carbonyl (C=O) groups is 1. The minimum absolute atomic E-state index is 0.0443. The molecule has 1 aliphatic heterocycles. The van der Waals surface area contributed by atoms with Gasteiger partial charge in [-0.15, -0.1) is 5.10 Å². The first kappa shape index (κ1) is 20.4. The van der Waals surface area contributed by atoms with Gasteiger partial charge in [0.15, 0.2) is 0 Å². The molecular formula is C24H27N7O. The number of hydrogen-bond acceptors (Lipinski definition) is 5. The number of aromatic amines is 1. The largest absolute Gasteiger partial charge is 0.350 e. The summed E-state index contributed by atoms with van der Waals surface area (Å²) in [4.78, 5) is 15.0. The first-order valence-electron chi connectivity index (χ1n) is 11.1. The van der Waals surface area contributed by atoms with Gasteiger partial charge in [0.2, 0.25) is 0 Å². The number of fused-ring (bicyclic) bond motifs is 1. The van der Waals surface area contributed by atoms with Crippen LogP contribution in [0, 0.1) is 6.92 Å². The maximum atomic E-state index is 12.6. The molecule has 1 aliphatic rings. The fourth-order valence-corrected chi connectivity index (χ4v) is 4.44. The standard InChI is InChI=1S/C24H27N7O/c1-3-30-12-4-5-19(30)14-25-24(32)17-7-9-18(10-8-17)31-15-22(27-29-31)23-20-13-16(2)6-11-21(20)26-28-23/h6-11,13,15,19H,3-5,12,14H2,1-2H3,(H,25,32)(H,26,28)/t19-/m1/s1. The van der Waals surface area contributed by atoms with Gasteiger partial charge in [-0.2, -0.15) is 5.10 Å². The fourth-order valence-electron chi connectivity index (χ4n) is 4.44. The highest BCUT2D eigenvalue weighted by Gasteiger charge is 2.23. The van der Waals surface area contributed by atoms with Gasteiger partial charge in [-0.25, -0.2) is 4.68 Å². The summed E-state index contributed by atoms with van der Waals surface area (Å²) >= 11 is 0. The molecule has 3 heterocycles. The van der Waals surface area contributed by atoms with Crippen molar-refractivity contribution in [2.45, 2.75) is 32.7 Å². The van der Waals surface area contributed by atoms with Gasteiger partial charge in [-0.05, 0) is 69.3 Å². The van der Waals surface area contributed by atoms with Gasteiger partial charge >= 0.3 is 0 Å². The Labute approximate surface area is 186 Å². The van der Waals surface area contributed by atoms with Crippen LogP contribution in [0.2, 0.25) is 0 Å². The van der Waals surface area contributed by atoms with Crippen LogP contribution in [-0.4, -0.2) is 61.7 Å². The van der Waals surface area contributed by atoms with Gasteiger partial charge in [-0.1, -0.05) is 23.8 Å². The third-order valence-electron chi connectivity index (χ3n) is 6.25. The lowest BCUT2D eigenvalue weighted by Crippen LogP contribution is -2.40. The van der Waals surface area contributed by atoms with E-state index in [-0.39, 0.29) is 5.91 Å². The van der Waals surface area contributed by atoms with Crippen LogP contribution in [-0.2, 0) is 0 Å². The number of nitrogens with zero attached hydrogens (tertiary/aromatic N) is 5. The highest BCUT2D eigenvalue weighted by Crippen LogP contribution is 2.26. The molecule has 0 bridgehead atoms. The maximum Gasteiger partial charge on any atom is 0.251 e. The summed E-state index contributed by atoms with van der Waals surface area (Å²) in [5.74, 6) is -0.0443. The van der Waals surface area contributed by atoms with E-state index >= 15 is 0 Å². The number of amides is 1. The molecule has 1 atom stereocenters. The van der Waals surface area contributed by atoms with Crippen molar-refractivity contribution in [3.05, 3.63) is 59.8 Å². The normalized spacial score (nSPS) is 16.6. The van der Waals surface area contributed by atoms with E-state index in [1.807, 2.05) is 42.6 Å². The first-order chi connectivity index (χ1) is 15.6. The number of rotatable bonds is 6. The molecule has 2 aromatic carbocycles. The number of aryl methyl sites for hydroxylation is 1. The molecule has 0 radical (unpaired) electrons. The van der Waals surface area contributed by atoms with E-state index in [0.717, 1.165) is 47.4 Å². The van der Waals surface area contributed by atoms with Gasteiger partial charge in [0.1, 0.15) is 11.4 Å². The van der Waals surface area contributed by atoms with Crippen LogP contribution in [0.1, 0.15) is 35.7 Å². The average Bonchev–Trinajstić information content (AvgIpc) is 3.56. The molecule has 1 amide bonds. The van der Waals surface area contributed by atoms with Crippen molar-refractivity contribution in [2.24, 2.45) is 0 Å². The molecule has 0 aliphatic carbocycles. The summed E-state index contributed by atoms with van der Waals surface area (Å²) in [6, 6.07) is 14.0. The third-order valence-corrected chi connectivity index (χ3v) is 6.25. The summed E-state index contributed by atoms with van der Waals surface area (Å²) in [5, 5.41) is 20.1. The zero-order chi connectivity index (χ0) is 22.1. The number of nitrogens with one attached hydrogen (secondary N) is 2. The van der Waals surface area contributed by atoms with Crippen LogP contribution >= 0.6 is 0 Å². The second-order valence-corrected chi connectivity index (χ2v) is 8.35. The van der Waals surface area contributed by atoms with Gasteiger partial charge < -0.3 is 5.32 Å². The summed E-state index contributed by atoms with van der Waals surface area (Å²) in [7, 11) is 0. The van der Waals surface area contributed by atoms with Crippen molar-refractivity contribution >= 4 is 16.8 Å². The van der Waals surface area contributed by atoms with Crippen LogP contribution in [0.15, 0.2) is 48.7 Å². The summed E-state index contributed by atoms with van der Waals surface area (Å²) in [5.41, 5.74) is 5.08. The molecule has 1 fully saturated rings. The van der Waals surface area contributed by atoms with Crippen LogP contribution in [0.25, 0.3) is 28.0 Å². The minimum Gasteiger partial charge on any atom is -0.350 e. The van der Waals surface area contributed by atoms with Crippen molar-refractivity contribution in [3.8, 4) is 17.1 Å². The highest BCUT2D eigenvalue weighted by molar-refractivity contribution is 5.94. The topological polar surface area (TPSA) is 91.7 Å². The molecule has 1 saturated heterocycles. The zero-order valence-electron chi connectivity index (χ0n) is 18.4. The lowest BCUT2D eigenvalue weighted by atomic mass is 10.1. The molecule has 4 aromatic rings. The quantitative estimate of drug-likeness (QED) is 0.491. The second-order valence-electron chi connectivity index (χ2n) is 8.35. The molecule has 0 saturated carbocycles. The van der Waals surface area contributed by atoms with Crippen molar-refractivity contribution < 1.29 is 4.79 Å². The number of H-pyrrole nitrogens is 1. The number of carbonyl (C=O) groups excluding carboxylic acids is 1. The van der Waals surface area contributed by atoms with E-state index in [0.29, 0.717) is 23.8 Å². The third kappa shape index (κ3) is 3.89. The van der Waals surface area contributed by atoms with E-state index in [1.54, 1.807) is 4.68 Å². The molecule has 164 valence electrons. The van der Waals surface area contributed by atoms with Crippen LogP contribution in [0.5, 0.6) is 0 Å². The Morgan fingerprint density at radius 3 is 2.88 bits per heavy atom. The van der Waals surface area contributed by atoms with Crippen molar-refractivity contribution in [3.63, 3.8) is 0 Å². The van der Waals surface area contributed by atoms with E-state index in [2.05, 4.69) is 50.6 Å². The molecule has 0 spiro atoms. The lowest BCUT2D eigenvalue weighted by molar-refractivity contribution is 0.0941. The van der Waals surface area contributed by atoms with Crippen molar-refractivity contribution in [2.75, 3.05) is 19.6 Å². The van der Waals surface area contributed by atoms with Gasteiger partial charge in [0, 0.05) is 23.5 Å². The van der Waals surface area contributed by atoms with E-state index in [1.165, 1.54) is 6.42 Å². The molecule has 8 nitrogen and oxygen atoms in total. The Morgan fingerprint density at radius 1 is 1.22 bits per heavy atom. The average molecular weight is 430 g/mol. The Bertz CT molecular complexity index is 1240. The molecule has 2 N–H and O–H groups in total. The maximum absolute atomic E-state index is 12.6. The highest BCUT2D eigenvalue weighted by atomic mass is 16.1. The Hall–Kier alpha value is -3.52. The number of hydrogen-bond donors (Lipinski definition) is 2.